The van der Waals surface area contributed by atoms with Gasteiger partial charge in [0.15, 0.2) is 0 Å². The zero-order valence-corrected chi connectivity index (χ0v) is 16.2. The summed E-state index contributed by atoms with van der Waals surface area (Å²) in [5.74, 6) is 0. The number of nitrogens with one attached hydrogen (secondary N) is 1. The molecule has 12 heteroatoms. The number of nitrogens with zero attached hydrogens (tertiary/aromatic N) is 4. The zero-order chi connectivity index (χ0) is 18.9. The Balaban J connectivity index is 1.58. The summed E-state index contributed by atoms with van der Waals surface area (Å²) in [5, 5.41) is 9.33. The fourth-order valence-electron chi connectivity index (χ4n) is 2.34. The second-order valence-corrected chi connectivity index (χ2v) is 7.66. The van der Waals surface area contributed by atoms with Crippen molar-refractivity contribution in [2.75, 3.05) is 36.4 Å². The molecule has 0 aliphatic carbocycles. The first-order valence-electron chi connectivity index (χ1n) is 7.40. The van der Waals surface area contributed by atoms with Crippen LogP contribution in [-0.2, 0) is 6.18 Å². The average Bonchev–Trinajstić information content (AvgIpc) is 3.08. The molecule has 3 rings (SSSR count). The van der Waals surface area contributed by atoms with Gasteiger partial charge >= 0.3 is 12.2 Å². The Morgan fingerprint density at radius 1 is 1.23 bits per heavy atom. The van der Waals surface area contributed by atoms with Crippen LogP contribution >= 0.6 is 38.9 Å². The van der Waals surface area contributed by atoms with E-state index in [-0.39, 0.29) is 11.2 Å². The molecular formula is C14H12BrClF3N5OS. The van der Waals surface area contributed by atoms with Crippen molar-refractivity contribution in [3.05, 3.63) is 32.7 Å². The van der Waals surface area contributed by atoms with Gasteiger partial charge in [0.05, 0.1) is 5.69 Å². The van der Waals surface area contributed by atoms with Gasteiger partial charge in [-0.05, 0) is 34.1 Å². The molecule has 1 aliphatic rings. The Hall–Kier alpha value is -1.59. The second kappa shape index (κ2) is 7.57. The van der Waals surface area contributed by atoms with Crippen LogP contribution in [0.15, 0.2) is 22.7 Å². The van der Waals surface area contributed by atoms with E-state index in [0.29, 0.717) is 52.7 Å². The van der Waals surface area contributed by atoms with Gasteiger partial charge in [0, 0.05) is 35.7 Å². The molecule has 1 aliphatic heterocycles. The zero-order valence-electron chi connectivity index (χ0n) is 13.1. The van der Waals surface area contributed by atoms with Crippen molar-refractivity contribution in [1.82, 2.24) is 15.1 Å². The first kappa shape index (κ1) is 19.2. The molecule has 0 unspecified atom stereocenters. The molecule has 0 radical (unpaired) electrons. The lowest BCUT2D eigenvalue weighted by molar-refractivity contribution is -0.138. The van der Waals surface area contributed by atoms with E-state index < -0.39 is 11.2 Å². The van der Waals surface area contributed by atoms with E-state index in [1.165, 1.54) is 0 Å². The fraction of sp³-hybridized carbons (Fsp3) is 0.357. The van der Waals surface area contributed by atoms with Crippen LogP contribution < -0.4 is 10.2 Å². The summed E-state index contributed by atoms with van der Waals surface area (Å²) in [5.41, 5.74) is 0.584. The Bertz CT molecular complexity index is 810. The Morgan fingerprint density at radius 2 is 1.92 bits per heavy atom. The molecule has 2 heterocycles. The van der Waals surface area contributed by atoms with Crippen molar-refractivity contribution < 1.29 is 18.0 Å². The standard InChI is InChI=1S/C14H12BrClF3N5OS/c15-9-7-8(16)1-2-10(9)20-12(25)23-3-5-24(6-4-23)13-22-21-11(26-13)14(17,18)19/h1-2,7H,3-6H2,(H,20,25). The lowest BCUT2D eigenvalue weighted by Crippen LogP contribution is -2.50. The number of rotatable bonds is 2. The molecule has 1 N–H and O–H groups in total. The predicted molar refractivity (Wildman–Crippen MR) is 96.9 cm³/mol. The van der Waals surface area contributed by atoms with E-state index >= 15 is 0 Å². The van der Waals surface area contributed by atoms with Crippen molar-refractivity contribution in [3.63, 3.8) is 0 Å². The summed E-state index contributed by atoms with van der Waals surface area (Å²) >= 11 is 9.70. The van der Waals surface area contributed by atoms with Crippen LogP contribution in [0.2, 0.25) is 5.02 Å². The Kier molecular flexibility index (Phi) is 5.58. The number of piperazine rings is 1. The third kappa shape index (κ3) is 4.38. The summed E-state index contributed by atoms with van der Waals surface area (Å²) in [4.78, 5) is 15.6. The van der Waals surface area contributed by atoms with Gasteiger partial charge in [0.2, 0.25) is 10.1 Å². The summed E-state index contributed by atoms with van der Waals surface area (Å²) in [6, 6.07) is 4.72. The monoisotopic (exact) mass is 469 g/mol. The van der Waals surface area contributed by atoms with Gasteiger partial charge in [0.25, 0.3) is 0 Å². The molecule has 0 bridgehead atoms. The number of benzene rings is 1. The van der Waals surface area contributed by atoms with Gasteiger partial charge in [-0.15, -0.1) is 10.2 Å². The van der Waals surface area contributed by atoms with Gasteiger partial charge in [-0.1, -0.05) is 22.9 Å². The van der Waals surface area contributed by atoms with E-state index in [4.69, 9.17) is 11.6 Å². The van der Waals surface area contributed by atoms with Crippen LogP contribution in [-0.4, -0.2) is 47.3 Å². The molecular weight excluding hydrogens is 459 g/mol. The molecule has 26 heavy (non-hydrogen) atoms. The highest BCUT2D eigenvalue weighted by molar-refractivity contribution is 9.10. The van der Waals surface area contributed by atoms with Gasteiger partial charge in [0.1, 0.15) is 0 Å². The van der Waals surface area contributed by atoms with E-state index in [1.54, 1.807) is 28.0 Å². The number of anilines is 2. The third-order valence-corrected chi connectivity index (χ3v) is 5.59. The maximum atomic E-state index is 12.6. The molecule has 6 nitrogen and oxygen atoms in total. The van der Waals surface area contributed by atoms with E-state index in [0.717, 1.165) is 0 Å². The Labute approximate surface area is 164 Å². The largest absolute Gasteiger partial charge is 0.445 e. The number of carbonyl (C=O) groups is 1. The maximum Gasteiger partial charge on any atom is 0.445 e. The van der Waals surface area contributed by atoms with Gasteiger partial charge in [-0.2, -0.15) is 13.2 Å². The average molecular weight is 471 g/mol. The summed E-state index contributed by atoms with van der Waals surface area (Å²) < 4.78 is 38.5. The van der Waals surface area contributed by atoms with E-state index in [2.05, 4.69) is 31.4 Å². The van der Waals surface area contributed by atoms with Crippen LogP contribution in [0.25, 0.3) is 0 Å². The summed E-state index contributed by atoms with van der Waals surface area (Å²) in [6.07, 6.45) is -4.50. The second-order valence-electron chi connectivity index (χ2n) is 5.42. The maximum absolute atomic E-state index is 12.6. The molecule has 1 aromatic carbocycles. The van der Waals surface area contributed by atoms with E-state index in [9.17, 15) is 18.0 Å². The molecule has 2 amide bonds. The molecule has 2 aromatic rings. The van der Waals surface area contributed by atoms with Gasteiger partial charge in [-0.3, -0.25) is 0 Å². The first-order valence-corrected chi connectivity index (χ1v) is 9.39. The highest BCUT2D eigenvalue weighted by atomic mass is 79.9. The summed E-state index contributed by atoms with van der Waals surface area (Å²) in [6.45, 7) is 1.47. The number of carbonyl (C=O) groups excluding carboxylic acids is 1. The van der Waals surface area contributed by atoms with Crippen LogP contribution in [0.4, 0.5) is 28.8 Å². The van der Waals surface area contributed by atoms with Crippen molar-refractivity contribution in [3.8, 4) is 0 Å². The van der Waals surface area contributed by atoms with Gasteiger partial charge < -0.3 is 15.1 Å². The molecule has 1 saturated heterocycles. The van der Waals surface area contributed by atoms with Crippen molar-refractivity contribution in [2.45, 2.75) is 6.18 Å². The van der Waals surface area contributed by atoms with Crippen LogP contribution in [0.5, 0.6) is 0 Å². The third-order valence-electron chi connectivity index (χ3n) is 3.67. The predicted octanol–water partition coefficient (Wildman–Crippen LogP) is 4.33. The number of urea groups is 1. The van der Waals surface area contributed by atoms with Crippen molar-refractivity contribution in [1.29, 1.82) is 0 Å². The highest BCUT2D eigenvalue weighted by Crippen LogP contribution is 2.34. The number of alkyl halides is 3. The first-order chi connectivity index (χ1) is 12.2. The molecule has 0 spiro atoms. The smallest absolute Gasteiger partial charge is 0.343 e. The number of aromatic nitrogens is 2. The van der Waals surface area contributed by atoms with Crippen LogP contribution in [0.1, 0.15) is 5.01 Å². The molecule has 140 valence electrons. The minimum absolute atomic E-state index is 0.206. The van der Waals surface area contributed by atoms with Crippen LogP contribution in [0.3, 0.4) is 0 Å². The quantitative estimate of drug-likeness (QED) is 0.710. The topological polar surface area (TPSA) is 61.4 Å². The molecule has 1 aromatic heterocycles. The minimum atomic E-state index is -4.50. The highest BCUT2D eigenvalue weighted by Gasteiger charge is 2.36. The Morgan fingerprint density at radius 3 is 2.50 bits per heavy atom. The molecule has 0 atom stereocenters. The number of amides is 2. The normalized spacial score (nSPS) is 15.3. The minimum Gasteiger partial charge on any atom is -0.343 e. The summed E-state index contributed by atoms with van der Waals surface area (Å²) in [7, 11) is 0. The fourth-order valence-corrected chi connectivity index (χ4v) is 3.89. The van der Waals surface area contributed by atoms with Crippen molar-refractivity contribution >= 4 is 55.7 Å². The number of halogens is 5. The van der Waals surface area contributed by atoms with Crippen molar-refractivity contribution in [2.24, 2.45) is 0 Å². The lowest BCUT2D eigenvalue weighted by Gasteiger charge is -2.34. The number of hydrogen-bond donors (Lipinski definition) is 1. The van der Waals surface area contributed by atoms with Crippen LogP contribution in [0, 0.1) is 0 Å². The molecule has 0 saturated carbocycles. The molecule has 1 fully saturated rings. The number of hydrogen-bond acceptors (Lipinski definition) is 5. The lowest BCUT2D eigenvalue weighted by atomic mass is 10.3. The van der Waals surface area contributed by atoms with E-state index in [1.807, 2.05) is 0 Å². The van der Waals surface area contributed by atoms with Gasteiger partial charge in [-0.25, -0.2) is 4.79 Å². The SMILES string of the molecule is O=C(Nc1ccc(Cl)cc1Br)N1CCN(c2nnc(C(F)(F)F)s2)CC1.